The molecule has 0 bridgehead atoms. The minimum atomic E-state index is 0.144. The van der Waals surface area contributed by atoms with Crippen molar-refractivity contribution in [2.75, 3.05) is 20.2 Å². The van der Waals surface area contributed by atoms with Gasteiger partial charge < -0.3 is 9.64 Å². The van der Waals surface area contributed by atoms with Crippen LogP contribution < -0.4 is 4.74 Å². The Morgan fingerprint density at radius 1 is 1.24 bits per heavy atom. The average molecular weight is 253 g/mol. The van der Waals surface area contributed by atoms with Gasteiger partial charge in [0.2, 0.25) is 0 Å². The minimum Gasteiger partial charge on any atom is -0.497 e. The van der Waals surface area contributed by atoms with Gasteiger partial charge in [0.05, 0.1) is 7.11 Å². The Morgan fingerprint density at radius 3 is 2.29 bits per heavy atom. The maximum absolute atomic E-state index is 11.8. The Morgan fingerprint density at radius 2 is 1.82 bits per heavy atom. The number of benzene rings is 1. The molecule has 0 unspecified atom stereocenters. The van der Waals surface area contributed by atoms with Crippen LogP contribution in [0.3, 0.4) is 0 Å². The van der Waals surface area contributed by atoms with Gasteiger partial charge >= 0.3 is 0 Å². The molecule has 4 heteroatoms. The van der Waals surface area contributed by atoms with E-state index in [9.17, 15) is 4.79 Å². The molecule has 0 radical (unpaired) electrons. The second-order valence-electron chi connectivity index (χ2n) is 3.57. The normalized spacial score (nSPS) is 10.1. The molecule has 0 aliphatic carbocycles. The van der Waals surface area contributed by atoms with Gasteiger partial charge in [-0.1, -0.05) is 23.9 Å². The lowest BCUT2D eigenvalue weighted by molar-refractivity contribution is 0.228. The zero-order valence-electron chi connectivity index (χ0n) is 10.6. The number of rotatable bonds is 5. The summed E-state index contributed by atoms with van der Waals surface area (Å²) in [5.41, 5.74) is 1.14. The molecular weight excluding hydrogens is 234 g/mol. The number of thioether (sulfide) groups is 1. The average Bonchev–Trinajstić information content (AvgIpc) is 2.38. The fourth-order valence-corrected chi connectivity index (χ4v) is 2.36. The van der Waals surface area contributed by atoms with Crippen LogP contribution >= 0.6 is 11.8 Å². The molecule has 0 N–H and O–H groups in total. The summed E-state index contributed by atoms with van der Waals surface area (Å²) in [6.07, 6.45) is 0. The monoisotopic (exact) mass is 253 g/mol. The largest absolute Gasteiger partial charge is 0.497 e. The lowest BCUT2D eigenvalue weighted by Gasteiger charge is -2.17. The Kier molecular flexibility index (Phi) is 5.91. The topological polar surface area (TPSA) is 29.5 Å². The van der Waals surface area contributed by atoms with E-state index in [0.717, 1.165) is 24.4 Å². The third kappa shape index (κ3) is 4.30. The number of hydrogen-bond donors (Lipinski definition) is 0. The van der Waals surface area contributed by atoms with Crippen LogP contribution in [0.2, 0.25) is 0 Å². The number of hydrogen-bond acceptors (Lipinski definition) is 3. The van der Waals surface area contributed by atoms with Crippen molar-refractivity contribution in [1.29, 1.82) is 0 Å². The predicted octanol–water partition coefficient (Wildman–Crippen LogP) is 3.39. The van der Waals surface area contributed by atoms with E-state index in [4.69, 9.17) is 4.74 Å². The second-order valence-corrected chi connectivity index (χ2v) is 4.50. The molecule has 0 aromatic heterocycles. The summed E-state index contributed by atoms with van der Waals surface area (Å²) in [5.74, 6) is 1.55. The Hall–Kier alpha value is -1.16. The van der Waals surface area contributed by atoms with Gasteiger partial charge in [-0.15, -0.1) is 0 Å². The van der Waals surface area contributed by atoms with E-state index in [1.165, 1.54) is 11.8 Å². The van der Waals surface area contributed by atoms with E-state index in [1.807, 2.05) is 43.0 Å². The van der Waals surface area contributed by atoms with Crippen molar-refractivity contribution in [2.45, 2.75) is 19.6 Å². The molecule has 0 heterocycles. The van der Waals surface area contributed by atoms with Crippen LogP contribution in [0, 0.1) is 0 Å². The van der Waals surface area contributed by atoms with Crippen LogP contribution in [-0.2, 0) is 5.75 Å². The Balaban J connectivity index is 2.46. The molecule has 0 fully saturated rings. The molecule has 3 nitrogen and oxygen atoms in total. The third-order valence-electron chi connectivity index (χ3n) is 2.54. The first kappa shape index (κ1) is 13.9. The molecule has 0 saturated heterocycles. The zero-order valence-corrected chi connectivity index (χ0v) is 11.4. The van der Waals surface area contributed by atoms with E-state index >= 15 is 0 Å². The summed E-state index contributed by atoms with van der Waals surface area (Å²) in [5, 5.41) is 0.144. The number of amides is 1. The summed E-state index contributed by atoms with van der Waals surface area (Å²) in [7, 11) is 1.65. The molecule has 0 aliphatic heterocycles. The molecule has 0 spiro atoms. The molecule has 0 atom stereocenters. The lowest BCUT2D eigenvalue weighted by atomic mass is 10.2. The third-order valence-corrected chi connectivity index (χ3v) is 3.53. The maximum atomic E-state index is 11.8. The molecule has 0 aliphatic rings. The highest BCUT2D eigenvalue weighted by Gasteiger charge is 2.09. The molecular formula is C13H19NO2S. The van der Waals surface area contributed by atoms with E-state index in [0.29, 0.717) is 5.75 Å². The van der Waals surface area contributed by atoms with Gasteiger partial charge in [-0.3, -0.25) is 4.79 Å². The number of methoxy groups -OCH3 is 1. The van der Waals surface area contributed by atoms with Crippen molar-refractivity contribution in [1.82, 2.24) is 4.90 Å². The van der Waals surface area contributed by atoms with Gasteiger partial charge in [-0.05, 0) is 31.5 Å². The highest BCUT2D eigenvalue weighted by atomic mass is 32.2. The first-order valence-electron chi connectivity index (χ1n) is 5.75. The van der Waals surface area contributed by atoms with Crippen molar-refractivity contribution in [3.8, 4) is 5.75 Å². The van der Waals surface area contributed by atoms with Gasteiger partial charge in [0.15, 0.2) is 0 Å². The van der Waals surface area contributed by atoms with Crippen molar-refractivity contribution in [3.05, 3.63) is 29.8 Å². The summed E-state index contributed by atoms with van der Waals surface area (Å²) in [6.45, 7) is 5.53. The molecule has 0 saturated carbocycles. The van der Waals surface area contributed by atoms with Gasteiger partial charge in [-0.2, -0.15) is 0 Å². The van der Waals surface area contributed by atoms with E-state index in [2.05, 4.69) is 0 Å². The minimum absolute atomic E-state index is 0.144. The number of ether oxygens (including phenoxy) is 1. The first-order chi connectivity index (χ1) is 8.21. The Bertz CT molecular complexity index is 347. The fraction of sp³-hybridized carbons (Fsp3) is 0.462. The van der Waals surface area contributed by atoms with E-state index in [1.54, 1.807) is 7.11 Å². The second kappa shape index (κ2) is 7.22. The molecule has 17 heavy (non-hydrogen) atoms. The fourth-order valence-electron chi connectivity index (χ4n) is 1.44. The van der Waals surface area contributed by atoms with E-state index < -0.39 is 0 Å². The molecule has 1 aromatic carbocycles. The van der Waals surface area contributed by atoms with Crippen molar-refractivity contribution in [3.63, 3.8) is 0 Å². The van der Waals surface area contributed by atoms with Gasteiger partial charge in [-0.25, -0.2) is 0 Å². The van der Waals surface area contributed by atoms with Crippen LogP contribution in [0.1, 0.15) is 19.4 Å². The highest BCUT2D eigenvalue weighted by molar-refractivity contribution is 8.12. The molecule has 1 amide bonds. The SMILES string of the molecule is CCN(CC)C(=O)SCc1ccc(OC)cc1. The predicted molar refractivity (Wildman–Crippen MR) is 72.6 cm³/mol. The zero-order chi connectivity index (χ0) is 12.7. The van der Waals surface area contributed by atoms with Crippen LogP contribution in [0.4, 0.5) is 4.79 Å². The molecule has 1 rings (SSSR count). The van der Waals surface area contributed by atoms with Crippen LogP contribution in [0.25, 0.3) is 0 Å². The van der Waals surface area contributed by atoms with Gasteiger partial charge in [0, 0.05) is 18.8 Å². The number of carbonyl (C=O) groups excluding carboxylic acids is 1. The highest BCUT2D eigenvalue weighted by Crippen LogP contribution is 2.18. The van der Waals surface area contributed by atoms with Crippen LogP contribution in [-0.4, -0.2) is 30.3 Å². The number of carbonyl (C=O) groups is 1. The van der Waals surface area contributed by atoms with Crippen LogP contribution in [0.15, 0.2) is 24.3 Å². The standard InChI is InChI=1S/C13H19NO2S/c1-4-14(5-2)13(15)17-10-11-6-8-12(16-3)9-7-11/h6-9H,4-5,10H2,1-3H3. The van der Waals surface area contributed by atoms with E-state index in [-0.39, 0.29) is 5.24 Å². The van der Waals surface area contributed by atoms with Crippen molar-refractivity contribution < 1.29 is 9.53 Å². The molecule has 94 valence electrons. The quantitative estimate of drug-likeness (QED) is 0.805. The summed E-state index contributed by atoms with van der Waals surface area (Å²) >= 11 is 1.35. The van der Waals surface area contributed by atoms with Crippen molar-refractivity contribution in [2.24, 2.45) is 0 Å². The first-order valence-corrected chi connectivity index (χ1v) is 6.74. The van der Waals surface area contributed by atoms with Gasteiger partial charge in [0.25, 0.3) is 5.24 Å². The number of nitrogens with zero attached hydrogens (tertiary/aromatic N) is 1. The Labute approximate surface area is 107 Å². The summed E-state index contributed by atoms with van der Waals surface area (Å²) < 4.78 is 5.09. The molecule has 1 aromatic rings. The van der Waals surface area contributed by atoms with Crippen molar-refractivity contribution >= 4 is 17.0 Å². The maximum Gasteiger partial charge on any atom is 0.281 e. The van der Waals surface area contributed by atoms with Crippen LogP contribution in [0.5, 0.6) is 5.75 Å². The smallest absolute Gasteiger partial charge is 0.281 e. The summed E-state index contributed by atoms with van der Waals surface area (Å²) in [6, 6.07) is 7.80. The lowest BCUT2D eigenvalue weighted by Crippen LogP contribution is -2.26. The summed E-state index contributed by atoms with van der Waals surface area (Å²) in [4.78, 5) is 13.6. The van der Waals surface area contributed by atoms with Gasteiger partial charge in [0.1, 0.15) is 5.75 Å².